The molecule has 12 heavy (non-hydrogen) atoms. The lowest BCUT2D eigenvalue weighted by atomic mass is 10.7. The number of nitrogens with one attached hydrogen (secondary N) is 1. The number of aromatic nitrogens is 1. The minimum absolute atomic E-state index is 0.636. The summed E-state index contributed by atoms with van der Waals surface area (Å²) in [6.45, 7) is 0.674. The van der Waals surface area contributed by atoms with Crippen LogP contribution in [0, 0.1) is 0 Å². The summed E-state index contributed by atoms with van der Waals surface area (Å²) in [7, 11) is -0.751. The molecule has 1 aromatic heterocycles. The lowest BCUT2D eigenvalue weighted by molar-refractivity contribution is 0.687. The number of halogens is 1. The normalized spacial score (nSPS) is 12.8. The fourth-order valence-corrected chi connectivity index (χ4v) is 1.87. The smallest absolute Gasteiger partial charge is 0.184 e. The molecule has 1 unspecified atom stereocenters. The van der Waals surface area contributed by atoms with Crippen LogP contribution in [0.25, 0.3) is 0 Å². The fourth-order valence-electron chi connectivity index (χ4n) is 0.638. The van der Waals surface area contributed by atoms with Crippen LogP contribution in [0.15, 0.2) is 6.20 Å². The van der Waals surface area contributed by atoms with Crippen LogP contribution in [-0.2, 0) is 10.8 Å². The van der Waals surface area contributed by atoms with Gasteiger partial charge in [0, 0.05) is 29.4 Å². The van der Waals surface area contributed by atoms with Crippen LogP contribution in [0.2, 0.25) is 4.34 Å². The van der Waals surface area contributed by atoms with Gasteiger partial charge in [0.25, 0.3) is 0 Å². The summed E-state index contributed by atoms with van der Waals surface area (Å²) in [5, 5.41) is 3.81. The Morgan fingerprint density at radius 2 is 2.58 bits per heavy atom. The molecule has 0 aliphatic rings. The Bertz CT molecular complexity index is 276. The topological polar surface area (TPSA) is 42.0 Å². The summed E-state index contributed by atoms with van der Waals surface area (Å²) in [5.41, 5.74) is 0. The highest BCUT2D eigenvalue weighted by atomic mass is 35.5. The van der Waals surface area contributed by atoms with Crippen molar-refractivity contribution in [2.24, 2.45) is 0 Å². The van der Waals surface area contributed by atoms with Crippen LogP contribution < -0.4 is 5.32 Å². The third-order valence-electron chi connectivity index (χ3n) is 1.14. The van der Waals surface area contributed by atoms with E-state index in [2.05, 4.69) is 10.3 Å². The third-order valence-corrected chi connectivity index (χ3v) is 2.99. The van der Waals surface area contributed by atoms with E-state index in [1.165, 1.54) is 11.3 Å². The van der Waals surface area contributed by atoms with Crippen molar-refractivity contribution in [2.75, 3.05) is 23.9 Å². The van der Waals surface area contributed by atoms with Gasteiger partial charge < -0.3 is 5.32 Å². The zero-order valence-corrected chi connectivity index (χ0v) is 8.93. The van der Waals surface area contributed by atoms with Gasteiger partial charge in [-0.05, 0) is 0 Å². The molecular weight excluding hydrogens is 216 g/mol. The average Bonchev–Trinajstić information content (AvgIpc) is 2.35. The van der Waals surface area contributed by atoms with Crippen molar-refractivity contribution in [3.8, 4) is 0 Å². The van der Waals surface area contributed by atoms with E-state index in [0.717, 1.165) is 5.13 Å². The Hall–Kier alpha value is -0.130. The molecule has 0 saturated heterocycles. The van der Waals surface area contributed by atoms with Gasteiger partial charge in [-0.1, -0.05) is 22.9 Å². The number of rotatable bonds is 4. The van der Waals surface area contributed by atoms with Gasteiger partial charge in [0.2, 0.25) is 0 Å². The Morgan fingerprint density at radius 3 is 3.08 bits per heavy atom. The molecule has 6 heteroatoms. The molecule has 0 fully saturated rings. The Labute approximate surface area is 82.6 Å². The van der Waals surface area contributed by atoms with Gasteiger partial charge >= 0.3 is 0 Å². The summed E-state index contributed by atoms with van der Waals surface area (Å²) in [6.07, 6.45) is 3.27. The summed E-state index contributed by atoms with van der Waals surface area (Å²) >= 11 is 7.04. The van der Waals surface area contributed by atoms with Gasteiger partial charge in [-0.25, -0.2) is 4.98 Å². The summed E-state index contributed by atoms with van der Waals surface area (Å²) in [4.78, 5) is 3.99. The predicted octanol–water partition coefficient (Wildman–Crippen LogP) is 1.59. The molecule has 0 aliphatic carbocycles. The van der Waals surface area contributed by atoms with Crippen LogP contribution in [0.5, 0.6) is 0 Å². The highest BCUT2D eigenvalue weighted by molar-refractivity contribution is 7.84. The fraction of sp³-hybridized carbons (Fsp3) is 0.500. The highest BCUT2D eigenvalue weighted by Gasteiger charge is 1.98. The van der Waals surface area contributed by atoms with E-state index in [4.69, 9.17) is 11.6 Å². The van der Waals surface area contributed by atoms with E-state index in [1.807, 2.05) is 0 Å². The maximum absolute atomic E-state index is 10.7. The van der Waals surface area contributed by atoms with Crippen molar-refractivity contribution >= 4 is 38.9 Å². The van der Waals surface area contributed by atoms with Gasteiger partial charge in [0.1, 0.15) is 4.34 Å². The number of nitrogens with zero attached hydrogens (tertiary/aromatic N) is 1. The molecule has 1 rings (SSSR count). The summed E-state index contributed by atoms with van der Waals surface area (Å²) < 4.78 is 11.3. The largest absolute Gasteiger partial charge is 0.361 e. The van der Waals surface area contributed by atoms with E-state index in [9.17, 15) is 4.21 Å². The van der Waals surface area contributed by atoms with E-state index >= 15 is 0 Å². The predicted molar refractivity (Wildman–Crippen MR) is 54.5 cm³/mol. The van der Waals surface area contributed by atoms with Crippen LogP contribution in [0.1, 0.15) is 0 Å². The molecule has 0 aromatic carbocycles. The molecule has 0 spiro atoms. The monoisotopic (exact) mass is 224 g/mol. The molecule has 0 saturated carbocycles. The molecule has 1 heterocycles. The summed E-state index contributed by atoms with van der Waals surface area (Å²) in [6, 6.07) is 0. The molecule has 3 nitrogen and oxygen atoms in total. The third kappa shape index (κ3) is 3.51. The first-order valence-corrected chi connectivity index (χ1v) is 6.26. The minimum Gasteiger partial charge on any atom is -0.361 e. The van der Waals surface area contributed by atoms with Gasteiger partial charge in [0.05, 0.1) is 6.20 Å². The first kappa shape index (κ1) is 9.95. The van der Waals surface area contributed by atoms with Crippen molar-refractivity contribution in [1.82, 2.24) is 4.98 Å². The lowest BCUT2D eigenvalue weighted by Crippen LogP contribution is -2.09. The van der Waals surface area contributed by atoms with Crippen molar-refractivity contribution in [3.63, 3.8) is 0 Å². The van der Waals surface area contributed by atoms with Crippen molar-refractivity contribution in [1.29, 1.82) is 0 Å². The van der Waals surface area contributed by atoms with E-state index in [0.29, 0.717) is 16.6 Å². The zero-order valence-electron chi connectivity index (χ0n) is 6.54. The maximum atomic E-state index is 10.7. The number of hydrogen-bond acceptors (Lipinski definition) is 4. The van der Waals surface area contributed by atoms with E-state index in [1.54, 1.807) is 12.5 Å². The molecule has 0 aliphatic heterocycles. The van der Waals surface area contributed by atoms with E-state index < -0.39 is 10.8 Å². The van der Waals surface area contributed by atoms with Crippen LogP contribution in [-0.4, -0.2) is 27.7 Å². The second-order valence-corrected chi connectivity index (χ2v) is 5.39. The van der Waals surface area contributed by atoms with Crippen molar-refractivity contribution < 1.29 is 4.21 Å². The first-order chi connectivity index (χ1) is 5.68. The Balaban J connectivity index is 2.29. The molecule has 68 valence electrons. The summed E-state index contributed by atoms with van der Waals surface area (Å²) in [5.74, 6) is 0.636. The number of anilines is 1. The highest BCUT2D eigenvalue weighted by Crippen LogP contribution is 2.21. The molecule has 0 amide bonds. The lowest BCUT2D eigenvalue weighted by Gasteiger charge is -1.98. The van der Waals surface area contributed by atoms with Crippen LogP contribution >= 0.6 is 22.9 Å². The van der Waals surface area contributed by atoms with E-state index in [-0.39, 0.29) is 0 Å². The number of thiazole rings is 1. The molecule has 1 aromatic rings. The quantitative estimate of drug-likeness (QED) is 0.845. The molecular formula is C6H9ClN2OS2. The van der Waals surface area contributed by atoms with Crippen molar-refractivity contribution in [2.45, 2.75) is 0 Å². The SMILES string of the molecule is CS(=O)CCNc1ncc(Cl)s1. The van der Waals surface area contributed by atoms with Crippen LogP contribution in [0.4, 0.5) is 5.13 Å². The zero-order chi connectivity index (χ0) is 8.97. The molecule has 0 radical (unpaired) electrons. The number of hydrogen-bond donors (Lipinski definition) is 1. The van der Waals surface area contributed by atoms with Gasteiger partial charge in [-0.3, -0.25) is 4.21 Å². The maximum Gasteiger partial charge on any atom is 0.184 e. The Morgan fingerprint density at radius 1 is 1.83 bits per heavy atom. The first-order valence-electron chi connectivity index (χ1n) is 3.33. The van der Waals surface area contributed by atoms with Gasteiger partial charge in [-0.15, -0.1) is 0 Å². The molecule has 1 N–H and O–H groups in total. The standard InChI is InChI=1S/C6H9ClN2OS2/c1-12(10)3-2-8-6-9-4-5(7)11-6/h4H,2-3H2,1H3,(H,8,9). The molecule has 1 atom stereocenters. The van der Waals surface area contributed by atoms with Crippen LogP contribution in [0.3, 0.4) is 0 Å². The van der Waals surface area contributed by atoms with Gasteiger partial charge in [-0.2, -0.15) is 0 Å². The van der Waals surface area contributed by atoms with Gasteiger partial charge in [0.15, 0.2) is 5.13 Å². The van der Waals surface area contributed by atoms with Crippen molar-refractivity contribution in [3.05, 3.63) is 10.5 Å². The second kappa shape index (κ2) is 4.79. The Kier molecular flexibility index (Phi) is 3.97. The minimum atomic E-state index is -0.751. The second-order valence-electron chi connectivity index (χ2n) is 2.17. The average molecular weight is 225 g/mol. The molecule has 0 bridgehead atoms.